The van der Waals surface area contributed by atoms with Crippen molar-refractivity contribution in [3.8, 4) is 0 Å². The number of nitrogens with one attached hydrogen (secondary N) is 1. The molecular weight excluding hydrogens is 292 g/mol. The smallest absolute Gasteiger partial charge is 0.323 e. The van der Waals surface area contributed by atoms with Crippen LogP contribution < -0.4 is 5.32 Å². The van der Waals surface area contributed by atoms with E-state index in [9.17, 15) is 9.13 Å². The zero-order chi connectivity index (χ0) is 14.3. The third kappa shape index (κ3) is 3.33. The molecule has 0 aliphatic heterocycles. The molecule has 1 atom stereocenters. The zero-order valence-electron chi connectivity index (χ0n) is 9.88. The Bertz CT molecular complexity index is 543. The molecule has 1 aliphatic carbocycles. The van der Waals surface area contributed by atoms with Crippen LogP contribution in [0.2, 0.25) is 0 Å². The van der Waals surface area contributed by atoms with Crippen LogP contribution in [0.4, 0.5) is 0 Å². The fourth-order valence-corrected chi connectivity index (χ4v) is 4.62. The highest BCUT2D eigenvalue weighted by molar-refractivity contribution is 7.70. The molecule has 9 heteroatoms. The Labute approximate surface area is 110 Å². The van der Waals surface area contributed by atoms with Gasteiger partial charge in [-0.15, -0.1) is 0 Å². The lowest BCUT2D eigenvalue weighted by molar-refractivity contribution is 0.320. The van der Waals surface area contributed by atoms with Gasteiger partial charge in [0.1, 0.15) is 0 Å². The van der Waals surface area contributed by atoms with E-state index in [0.717, 1.165) is 11.1 Å². The summed E-state index contributed by atoms with van der Waals surface area (Å²) in [5.41, 5.74) is -0.305. The molecule has 0 bridgehead atoms. The summed E-state index contributed by atoms with van der Waals surface area (Å²) < 4.78 is 22.4. The largest absolute Gasteiger partial charge is 0.354 e. The summed E-state index contributed by atoms with van der Waals surface area (Å²) in [5, 5.41) is 2.43. The second-order valence-electron chi connectivity index (χ2n) is 4.51. The van der Waals surface area contributed by atoms with Gasteiger partial charge in [0, 0.05) is 6.04 Å². The van der Waals surface area contributed by atoms with Crippen molar-refractivity contribution in [3.63, 3.8) is 0 Å². The van der Waals surface area contributed by atoms with E-state index in [0.29, 0.717) is 12.8 Å². The summed E-state index contributed by atoms with van der Waals surface area (Å²) in [6.07, 6.45) is 1.26. The number of rotatable bonds is 4. The average molecular weight is 307 g/mol. The van der Waals surface area contributed by atoms with E-state index in [-0.39, 0.29) is 0 Å². The van der Waals surface area contributed by atoms with E-state index in [1.54, 1.807) is 12.1 Å². The molecule has 0 saturated heterocycles. The number of aryl methyl sites for hydroxylation is 1. The van der Waals surface area contributed by atoms with Gasteiger partial charge in [0.2, 0.25) is 5.52 Å². The molecule has 19 heavy (non-hydrogen) atoms. The Morgan fingerprint density at radius 1 is 1.11 bits per heavy atom. The van der Waals surface area contributed by atoms with E-state index in [2.05, 4.69) is 5.32 Å². The normalized spacial score (nSPS) is 19.7. The molecule has 1 aliphatic rings. The van der Waals surface area contributed by atoms with Gasteiger partial charge >= 0.3 is 15.2 Å². The molecule has 106 valence electrons. The summed E-state index contributed by atoms with van der Waals surface area (Å²) in [6, 6.07) is 6.85. The lowest BCUT2D eigenvalue weighted by Crippen LogP contribution is -2.31. The van der Waals surface area contributed by atoms with Crippen LogP contribution in [0.25, 0.3) is 0 Å². The van der Waals surface area contributed by atoms with Crippen molar-refractivity contribution in [2.45, 2.75) is 24.4 Å². The van der Waals surface area contributed by atoms with Crippen LogP contribution in [0.15, 0.2) is 24.3 Å². The van der Waals surface area contributed by atoms with Crippen LogP contribution >= 0.6 is 15.2 Å². The van der Waals surface area contributed by atoms with E-state index in [1.165, 1.54) is 0 Å². The SMILES string of the molecule is O=P(O)(O)C(NC1CCc2ccccc21)P(=O)(O)O. The summed E-state index contributed by atoms with van der Waals surface area (Å²) >= 11 is 0. The molecule has 1 aromatic rings. The number of hydrogen-bond acceptors (Lipinski definition) is 3. The van der Waals surface area contributed by atoms with Gasteiger partial charge in [0.15, 0.2) is 0 Å². The molecule has 0 fully saturated rings. The zero-order valence-corrected chi connectivity index (χ0v) is 11.7. The van der Waals surface area contributed by atoms with Gasteiger partial charge in [0.05, 0.1) is 0 Å². The van der Waals surface area contributed by atoms with Crippen molar-refractivity contribution in [2.24, 2.45) is 0 Å². The predicted octanol–water partition coefficient (Wildman–Crippen LogP) is 0.902. The van der Waals surface area contributed by atoms with Crippen molar-refractivity contribution >= 4 is 15.2 Å². The summed E-state index contributed by atoms with van der Waals surface area (Å²) in [6.45, 7) is 0. The van der Waals surface area contributed by atoms with E-state index in [4.69, 9.17) is 19.6 Å². The van der Waals surface area contributed by atoms with Crippen LogP contribution in [-0.4, -0.2) is 25.1 Å². The van der Waals surface area contributed by atoms with E-state index >= 15 is 0 Å². The summed E-state index contributed by atoms with van der Waals surface area (Å²) in [5.74, 6) is 0. The highest BCUT2D eigenvalue weighted by Crippen LogP contribution is 2.59. The minimum Gasteiger partial charge on any atom is -0.323 e. The highest BCUT2D eigenvalue weighted by Gasteiger charge is 2.45. The Hall–Kier alpha value is -0.520. The average Bonchev–Trinajstić information content (AvgIpc) is 2.66. The molecule has 5 N–H and O–H groups in total. The maximum atomic E-state index is 11.2. The van der Waals surface area contributed by atoms with Gasteiger partial charge < -0.3 is 19.6 Å². The Kier molecular flexibility index (Phi) is 4.00. The topological polar surface area (TPSA) is 127 Å². The molecule has 0 radical (unpaired) electrons. The number of hydrogen-bond donors (Lipinski definition) is 5. The van der Waals surface area contributed by atoms with Crippen LogP contribution in [0, 0.1) is 0 Å². The van der Waals surface area contributed by atoms with Crippen molar-refractivity contribution in [1.29, 1.82) is 0 Å². The van der Waals surface area contributed by atoms with Crippen molar-refractivity contribution in [1.82, 2.24) is 5.32 Å². The van der Waals surface area contributed by atoms with Gasteiger partial charge in [-0.1, -0.05) is 24.3 Å². The second-order valence-corrected chi connectivity index (χ2v) is 8.31. The Morgan fingerprint density at radius 3 is 2.26 bits per heavy atom. The van der Waals surface area contributed by atoms with E-state index in [1.807, 2.05) is 12.1 Å². The minimum absolute atomic E-state index is 0.457. The first-order valence-corrected chi connectivity index (χ1v) is 9.00. The molecule has 7 nitrogen and oxygen atoms in total. The van der Waals surface area contributed by atoms with Gasteiger partial charge in [0.25, 0.3) is 0 Å². The van der Waals surface area contributed by atoms with Gasteiger partial charge in [-0.3, -0.25) is 14.4 Å². The summed E-state index contributed by atoms with van der Waals surface area (Å²) in [7, 11) is -9.87. The maximum Gasteiger partial charge on any atom is 0.354 e. The summed E-state index contributed by atoms with van der Waals surface area (Å²) in [4.78, 5) is 36.3. The van der Waals surface area contributed by atoms with E-state index < -0.39 is 26.8 Å². The monoisotopic (exact) mass is 307 g/mol. The number of fused-ring (bicyclic) bond motifs is 1. The van der Waals surface area contributed by atoms with Gasteiger partial charge in [-0.05, 0) is 24.0 Å². The lowest BCUT2D eigenvalue weighted by atomic mass is 10.1. The van der Waals surface area contributed by atoms with Crippen LogP contribution in [0.5, 0.6) is 0 Å². The van der Waals surface area contributed by atoms with Crippen LogP contribution in [-0.2, 0) is 15.6 Å². The Balaban J connectivity index is 2.26. The minimum atomic E-state index is -4.94. The first-order chi connectivity index (χ1) is 8.69. The maximum absolute atomic E-state index is 11.2. The van der Waals surface area contributed by atoms with Crippen LogP contribution in [0.1, 0.15) is 23.6 Å². The van der Waals surface area contributed by atoms with Crippen molar-refractivity contribution < 1.29 is 28.7 Å². The molecule has 1 aromatic carbocycles. The van der Waals surface area contributed by atoms with Crippen molar-refractivity contribution in [2.75, 3.05) is 0 Å². The van der Waals surface area contributed by atoms with Gasteiger partial charge in [-0.25, -0.2) is 0 Å². The standard InChI is InChI=1S/C10H15NO6P2/c12-18(13,14)10(19(15,16)17)11-9-6-5-7-3-1-2-4-8(7)9/h1-4,9-11H,5-6H2,(H2,12,13,14)(H2,15,16,17). The van der Waals surface area contributed by atoms with Gasteiger partial charge in [-0.2, -0.15) is 0 Å². The molecular formula is C10H15NO6P2. The quantitative estimate of drug-likeness (QED) is 0.523. The van der Waals surface area contributed by atoms with Crippen LogP contribution in [0.3, 0.4) is 0 Å². The fraction of sp³-hybridized carbons (Fsp3) is 0.400. The molecule has 0 aromatic heterocycles. The second kappa shape index (κ2) is 5.11. The molecule has 0 saturated carbocycles. The molecule has 1 unspecified atom stereocenters. The highest BCUT2D eigenvalue weighted by atomic mass is 31.2. The molecule has 0 spiro atoms. The molecule has 0 heterocycles. The number of benzene rings is 1. The predicted molar refractivity (Wildman–Crippen MR) is 68.5 cm³/mol. The third-order valence-corrected chi connectivity index (χ3v) is 6.50. The Morgan fingerprint density at radius 2 is 1.68 bits per heavy atom. The van der Waals surface area contributed by atoms with Crippen molar-refractivity contribution in [3.05, 3.63) is 35.4 Å². The molecule has 2 rings (SSSR count). The third-order valence-electron chi connectivity index (χ3n) is 3.12. The first-order valence-electron chi connectivity index (χ1n) is 5.64. The first kappa shape index (κ1) is 14.9. The lowest BCUT2D eigenvalue weighted by Gasteiger charge is -2.24. The fourth-order valence-electron chi connectivity index (χ4n) is 2.30. The molecule has 0 amide bonds.